The van der Waals surface area contributed by atoms with Gasteiger partial charge in [-0.15, -0.1) is 0 Å². The van der Waals surface area contributed by atoms with Crippen molar-refractivity contribution in [3.63, 3.8) is 0 Å². The van der Waals surface area contributed by atoms with Crippen LogP contribution in [0.2, 0.25) is 0 Å². The van der Waals surface area contributed by atoms with Gasteiger partial charge in [0.25, 0.3) is 5.91 Å². The fourth-order valence-corrected chi connectivity index (χ4v) is 2.34. The summed E-state index contributed by atoms with van der Waals surface area (Å²) in [5.74, 6) is -0.00453. The minimum absolute atomic E-state index is 0.00453. The van der Waals surface area contributed by atoms with Crippen LogP contribution in [-0.2, 0) is 6.42 Å². The third-order valence-corrected chi connectivity index (χ3v) is 3.22. The first-order chi connectivity index (χ1) is 8.79. The molecular weight excluding hydrogens is 228 g/mol. The summed E-state index contributed by atoms with van der Waals surface area (Å²) in [7, 11) is 1.88. The number of fused-ring (bicyclic) bond motifs is 1. The van der Waals surface area contributed by atoms with Gasteiger partial charge in [0.05, 0.1) is 11.8 Å². The maximum atomic E-state index is 12.0. The highest BCUT2D eigenvalue weighted by atomic mass is 16.1. The minimum atomic E-state index is -0.00453. The fourth-order valence-electron chi connectivity index (χ4n) is 2.34. The van der Waals surface area contributed by atoms with Crippen LogP contribution >= 0.6 is 0 Å². The molecule has 3 N–H and O–H groups in total. The number of carbonyl (C=O) groups excluding carboxylic acids is 1. The van der Waals surface area contributed by atoms with Crippen molar-refractivity contribution in [1.82, 2.24) is 15.5 Å². The molecule has 0 unspecified atom stereocenters. The van der Waals surface area contributed by atoms with Crippen LogP contribution in [0.4, 0.5) is 5.69 Å². The molecule has 92 valence electrons. The molecule has 0 atom stereocenters. The first-order valence-corrected chi connectivity index (χ1v) is 5.91. The molecule has 5 nitrogen and oxygen atoms in total. The highest BCUT2D eigenvalue weighted by Crippen LogP contribution is 2.31. The fraction of sp³-hybridized carbons (Fsp3) is 0.231. The normalized spacial score (nSPS) is 13.9. The summed E-state index contributed by atoms with van der Waals surface area (Å²) < 4.78 is 0. The summed E-state index contributed by atoms with van der Waals surface area (Å²) >= 11 is 0. The quantitative estimate of drug-likeness (QED) is 0.745. The average molecular weight is 242 g/mol. The van der Waals surface area contributed by atoms with E-state index < -0.39 is 0 Å². The van der Waals surface area contributed by atoms with Gasteiger partial charge in [-0.2, -0.15) is 5.10 Å². The second kappa shape index (κ2) is 4.18. The van der Waals surface area contributed by atoms with Crippen LogP contribution in [0.3, 0.4) is 0 Å². The molecule has 3 rings (SSSR count). The molecule has 1 aromatic carbocycles. The molecule has 1 aromatic heterocycles. The SMILES string of the molecule is CNc1cc2c(c(-c3cn[nH]c3)c1)C(=O)NCC2. The van der Waals surface area contributed by atoms with Gasteiger partial charge in [0.15, 0.2) is 0 Å². The number of amides is 1. The number of benzene rings is 1. The van der Waals surface area contributed by atoms with E-state index in [0.717, 1.165) is 34.4 Å². The lowest BCUT2D eigenvalue weighted by atomic mass is 9.92. The zero-order valence-electron chi connectivity index (χ0n) is 10.1. The van der Waals surface area contributed by atoms with Gasteiger partial charge >= 0.3 is 0 Å². The van der Waals surface area contributed by atoms with E-state index in [-0.39, 0.29) is 5.91 Å². The van der Waals surface area contributed by atoms with Crippen LogP contribution in [0.5, 0.6) is 0 Å². The van der Waals surface area contributed by atoms with Gasteiger partial charge in [0.2, 0.25) is 0 Å². The van der Waals surface area contributed by atoms with E-state index >= 15 is 0 Å². The Morgan fingerprint density at radius 2 is 2.28 bits per heavy atom. The van der Waals surface area contributed by atoms with Crippen LogP contribution < -0.4 is 10.6 Å². The summed E-state index contributed by atoms with van der Waals surface area (Å²) in [5, 5.41) is 12.8. The Morgan fingerprint density at radius 3 is 3.00 bits per heavy atom. The number of nitrogens with one attached hydrogen (secondary N) is 3. The Balaban J connectivity index is 2.25. The van der Waals surface area contributed by atoms with E-state index in [1.54, 1.807) is 12.4 Å². The maximum absolute atomic E-state index is 12.0. The number of aromatic nitrogens is 2. The van der Waals surface area contributed by atoms with Gasteiger partial charge in [-0.05, 0) is 29.7 Å². The monoisotopic (exact) mass is 242 g/mol. The van der Waals surface area contributed by atoms with Crippen LogP contribution in [0, 0.1) is 0 Å². The Morgan fingerprint density at radius 1 is 1.39 bits per heavy atom. The summed E-state index contributed by atoms with van der Waals surface area (Å²) in [6.07, 6.45) is 4.40. The van der Waals surface area contributed by atoms with Gasteiger partial charge in [0, 0.05) is 31.0 Å². The lowest BCUT2D eigenvalue weighted by molar-refractivity contribution is 0.0947. The van der Waals surface area contributed by atoms with Gasteiger partial charge in [-0.3, -0.25) is 9.89 Å². The first kappa shape index (κ1) is 10.8. The lowest BCUT2D eigenvalue weighted by Gasteiger charge is -2.20. The molecular formula is C13H14N4O. The lowest BCUT2D eigenvalue weighted by Crippen LogP contribution is -2.32. The number of H-pyrrole nitrogens is 1. The molecule has 0 bridgehead atoms. The van der Waals surface area contributed by atoms with Crippen molar-refractivity contribution in [3.8, 4) is 11.1 Å². The van der Waals surface area contributed by atoms with Crippen molar-refractivity contribution >= 4 is 11.6 Å². The Kier molecular flexibility index (Phi) is 2.51. The average Bonchev–Trinajstić information content (AvgIpc) is 2.91. The topological polar surface area (TPSA) is 69.8 Å². The molecule has 0 saturated heterocycles. The minimum Gasteiger partial charge on any atom is -0.388 e. The van der Waals surface area contributed by atoms with Gasteiger partial charge in [-0.25, -0.2) is 0 Å². The summed E-state index contributed by atoms with van der Waals surface area (Å²) in [5.41, 5.74) is 4.71. The second-order valence-electron chi connectivity index (χ2n) is 4.30. The van der Waals surface area contributed by atoms with Crippen molar-refractivity contribution in [1.29, 1.82) is 0 Å². The summed E-state index contributed by atoms with van der Waals surface area (Å²) in [4.78, 5) is 12.0. The smallest absolute Gasteiger partial charge is 0.252 e. The number of nitrogens with zero attached hydrogens (tertiary/aromatic N) is 1. The highest BCUT2D eigenvalue weighted by Gasteiger charge is 2.22. The molecule has 0 spiro atoms. The maximum Gasteiger partial charge on any atom is 0.252 e. The predicted octanol–water partition coefficient (Wildman–Crippen LogP) is 1.40. The van der Waals surface area contributed by atoms with E-state index in [2.05, 4.69) is 20.8 Å². The highest BCUT2D eigenvalue weighted by molar-refractivity contribution is 6.03. The third kappa shape index (κ3) is 1.64. The summed E-state index contributed by atoms with van der Waals surface area (Å²) in [6.45, 7) is 0.698. The Labute approximate surface area is 105 Å². The van der Waals surface area contributed by atoms with Gasteiger partial charge < -0.3 is 10.6 Å². The Bertz CT molecular complexity index is 589. The Hall–Kier alpha value is -2.30. The van der Waals surface area contributed by atoms with E-state index in [1.807, 2.05) is 19.2 Å². The molecule has 1 aliphatic rings. The molecule has 0 saturated carbocycles. The van der Waals surface area contributed by atoms with Gasteiger partial charge in [0.1, 0.15) is 0 Å². The van der Waals surface area contributed by atoms with Crippen molar-refractivity contribution in [2.24, 2.45) is 0 Å². The standard InChI is InChI=1S/C13H14N4O/c1-14-10-4-8-2-3-15-13(18)12(8)11(5-10)9-6-16-17-7-9/h4-7,14H,2-3H2,1H3,(H,15,18)(H,16,17). The molecule has 2 aromatic rings. The molecule has 0 fully saturated rings. The number of hydrogen-bond donors (Lipinski definition) is 3. The zero-order valence-corrected chi connectivity index (χ0v) is 10.1. The van der Waals surface area contributed by atoms with E-state index in [9.17, 15) is 4.79 Å². The van der Waals surface area contributed by atoms with Crippen molar-refractivity contribution in [2.45, 2.75) is 6.42 Å². The molecule has 18 heavy (non-hydrogen) atoms. The molecule has 1 aliphatic heterocycles. The first-order valence-electron chi connectivity index (χ1n) is 5.91. The molecule has 2 heterocycles. The van der Waals surface area contributed by atoms with Crippen LogP contribution in [-0.4, -0.2) is 29.7 Å². The van der Waals surface area contributed by atoms with E-state index in [1.165, 1.54) is 0 Å². The molecule has 0 aliphatic carbocycles. The molecule has 1 amide bonds. The third-order valence-electron chi connectivity index (χ3n) is 3.22. The summed E-state index contributed by atoms with van der Waals surface area (Å²) in [6, 6.07) is 4.02. The second-order valence-corrected chi connectivity index (χ2v) is 4.30. The van der Waals surface area contributed by atoms with Crippen molar-refractivity contribution in [3.05, 3.63) is 35.7 Å². The number of carbonyl (C=O) groups is 1. The van der Waals surface area contributed by atoms with Crippen LogP contribution in [0.15, 0.2) is 24.5 Å². The van der Waals surface area contributed by atoms with Crippen molar-refractivity contribution in [2.75, 3.05) is 18.9 Å². The predicted molar refractivity (Wildman–Crippen MR) is 69.6 cm³/mol. The number of anilines is 1. The number of hydrogen-bond acceptors (Lipinski definition) is 3. The zero-order chi connectivity index (χ0) is 12.5. The molecule has 5 heteroatoms. The van der Waals surface area contributed by atoms with E-state index in [0.29, 0.717) is 6.54 Å². The van der Waals surface area contributed by atoms with Crippen LogP contribution in [0.25, 0.3) is 11.1 Å². The van der Waals surface area contributed by atoms with Gasteiger partial charge in [-0.1, -0.05) is 0 Å². The largest absolute Gasteiger partial charge is 0.388 e. The van der Waals surface area contributed by atoms with Crippen molar-refractivity contribution < 1.29 is 4.79 Å². The number of aromatic amines is 1. The number of rotatable bonds is 2. The van der Waals surface area contributed by atoms with Crippen LogP contribution in [0.1, 0.15) is 15.9 Å². The van der Waals surface area contributed by atoms with E-state index in [4.69, 9.17) is 0 Å². The molecule has 0 radical (unpaired) electrons.